The molecule has 2 heterocycles. The number of aromatic nitrogens is 1. The molecule has 0 radical (unpaired) electrons. The summed E-state index contributed by atoms with van der Waals surface area (Å²) in [4.78, 5) is 18.9. The number of benzene rings is 2. The number of hydrogen-bond donors (Lipinski definition) is 1. The molecule has 1 N–H and O–H groups in total. The first-order chi connectivity index (χ1) is 16.8. The van der Waals surface area contributed by atoms with Gasteiger partial charge >= 0.3 is 0 Å². The number of amides is 1. The Morgan fingerprint density at radius 1 is 1.06 bits per heavy atom. The Labute approximate surface area is 208 Å². The monoisotopic (exact) mass is 497 g/mol. The van der Waals surface area contributed by atoms with Crippen LogP contribution in [0.15, 0.2) is 59.6 Å². The molecule has 1 aliphatic heterocycles. The van der Waals surface area contributed by atoms with Gasteiger partial charge in [-0.3, -0.25) is 4.79 Å². The van der Waals surface area contributed by atoms with E-state index in [-0.39, 0.29) is 16.8 Å². The zero-order valence-electron chi connectivity index (χ0n) is 20.7. The Kier molecular flexibility index (Phi) is 7.94. The van der Waals surface area contributed by atoms with Gasteiger partial charge in [0.25, 0.3) is 0 Å². The predicted molar refractivity (Wildman–Crippen MR) is 139 cm³/mol. The molecule has 35 heavy (non-hydrogen) atoms. The van der Waals surface area contributed by atoms with Crippen LogP contribution in [-0.4, -0.2) is 56.0 Å². The second-order valence-corrected chi connectivity index (χ2v) is 11.6. The maximum atomic E-state index is 13.5. The summed E-state index contributed by atoms with van der Waals surface area (Å²) in [6.45, 7) is 8.02. The van der Waals surface area contributed by atoms with Crippen molar-refractivity contribution in [3.63, 3.8) is 0 Å². The molecule has 1 aromatic heterocycles. The van der Waals surface area contributed by atoms with E-state index in [4.69, 9.17) is 4.74 Å². The van der Waals surface area contributed by atoms with E-state index in [2.05, 4.69) is 31.8 Å². The number of carbonyl (C=O) groups excluding carboxylic acids is 1. The summed E-state index contributed by atoms with van der Waals surface area (Å²) in [6, 6.07) is 15.1. The standard InChI is InChI=1S/C27H35N3O4S/c1-20(2)18-21(3)30(24-7-10-26-23(19-24)12-13-28-26)27(31)11-6-22-4-8-25(9-5-22)35(32,33)29-14-16-34-17-15-29/h4-5,7-10,12-13,19-21,28H,6,11,14-18H2,1-3H3/t21-/m1/s1. The lowest BCUT2D eigenvalue weighted by molar-refractivity contribution is -0.119. The Bertz CT molecular complexity index is 1240. The highest BCUT2D eigenvalue weighted by Gasteiger charge is 2.26. The molecule has 3 aromatic rings. The van der Waals surface area contributed by atoms with Crippen LogP contribution in [0.5, 0.6) is 0 Å². The highest BCUT2D eigenvalue weighted by molar-refractivity contribution is 7.89. The number of rotatable bonds is 9. The van der Waals surface area contributed by atoms with E-state index < -0.39 is 10.0 Å². The maximum absolute atomic E-state index is 13.5. The van der Waals surface area contributed by atoms with Crippen molar-refractivity contribution in [2.75, 3.05) is 31.2 Å². The Morgan fingerprint density at radius 3 is 2.46 bits per heavy atom. The molecular weight excluding hydrogens is 462 g/mol. The van der Waals surface area contributed by atoms with Crippen LogP contribution >= 0.6 is 0 Å². The van der Waals surface area contributed by atoms with Crippen LogP contribution in [0.25, 0.3) is 10.9 Å². The van der Waals surface area contributed by atoms with Crippen molar-refractivity contribution in [1.82, 2.24) is 9.29 Å². The topological polar surface area (TPSA) is 82.7 Å². The van der Waals surface area contributed by atoms with Gasteiger partial charge in [0, 0.05) is 48.3 Å². The molecule has 0 aliphatic carbocycles. The number of ether oxygens (including phenoxy) is 1. The van der Waals surface area contributed by atoms with Crippen molar-refractivity contribution in [3.05, 3.63) is 60.3 Å². The Hall–Kier alpha value is -2.68. The van der Waals surface area contributed by atoms with Gasteiger partial charge in [-0.1, -0.05) is 26.0 Å². The molecule has 1 saturated heterocycles. The molecule has 1 aliphatic rings. The second kappa shape index (κ2) is 10.9. The maximum Gasteiger partial charge on any atom is 0.243 e. The molecule has 0 bridgehead atoms. The van der Waals surface area contributed by atoms with Gasteiger partial charge in [-0.05, 0) is 67.6 Å². The van der Waals surface area contributed by atoms with Crippen LogP contribution in [0, 0.1) is 5.92 Å². The molecule has 7 nitrogen and oxygen atoms in total. The third kappa shape index (κ3) is 5.94. The molecule has 2 aromatic carbocycles. The minimum absolute atomic E-state index is 0.0676. The molecule has 4 rings (SSSR count). The van der Waals surface area contributed by atoms with Gasteiger partial charge in [0.15, 0.2) is 0 Å². The first-order valence-corrected chi connectivity index (χ1v) is 13.8. The van der Waals surface area contributed by atoms with Gasteiger partial charge in [0.1, 0.15) is 0 Å². The number of nitrogens with zero attached hydrogens (tertiary/aromatic N) is 2. The van der Waals surface area contributed by atoms with Crippen LogP contribution in [0.3, 0.4) is 0 Å². The van der Waals surface area contributed by atoms with Crippen molar-refractivity contribution < 1.29 is 17.9 Å². The third-order valence-corrected chi connectivity index (χ3v) is 8.41. The predicted octanol–water partition coefficient (Wildman–Crippen LogP) is 4.59. The van der Waals surface area contributed by atoms with Crippen LogP contribution in [0.1, 0.15) is 39.2 Å². The van der Waals surface area contributed by atoms with Gasteiger partial charge in [0.2, 0.25) is 15.9 Å². The quantitative estimate of drug-likeness (QED) is 0.469. The van der Waals surface area contributed by atoms with E-state index in [9.17, 15) is 13.2 Å². The van der Waals surface area contributed by atoms with E-state index in [1.807, 2.05) is 41.4 Å². The number of morpholine rings is 1. The van der Waals surface area contributed by atoms with Crippen molar-refractivity contribution in [2.24, 2.45) is 5.92 Å². The van der Waals surface area contributed by atoms with E-state index >= 15 is 0 Å². The number of H-pyrrole nitrogens is 1. The minimum Gasteiger partial charge on any atom is -0.379 e. The van der Waals surface area contributed by atoms with Crippen LogP contribution < -0.4 is 4.90 Å². The van der Waals surface area contributed by atoms with Crippen LogP contribution in [0.2, 0.25) is 0 Å². The molecule has 0 unspecified atom stereocenters. The zero-order chi connectivity index (χ0) is 25.0. The molecule has 1 amide bonds. The van der Waals surface area contributed by atoms with Crippen molar-refractivity contribution >= 4 is 32.5 Å². The average molecular weight is 498 g/mol. The largest absolute Gasteiger partial charge is 0.379 e. The molecule has 0 saturated carbocycles. The number of sulfonamides is 1. The van der Waals surface area contributed by atoms with E-state index in [0.717, 1.165) is 28.6 Å². The van der Waals surface area contributed by atoms with Crippen molar-refractivity contribution in [3.8, 4) is 0 Å². The molecule has 8 heteroatoms. The normalized spacial score (nSPS) is 16.0. The first-order valence-electron chi connectivity index (χ1n) is 12.3. The van der Waals surface area contributed by atoms with Crippen LogP contribution in [0.4, 0.5) is 5.69 Å². The number of anilines is 1. The number of carbonyl (C=O) groups is 1. The SMILES string of the molecule is CC(C)C[C@@H](C)N(C(=O)CCc1ccc(S(=O)(=O)N2CCOCC2)cc1)c1ccc2[nH]ccc2c1. The highest BCUT2D eigenvalue weighted by Crippen LogP contribution is 2.27. The van der Waals surface area contributed by atoms with Gasteiger partial charge < -0.3 is 14.6 Å². The lowest BCUT2D eigenvalue weighted by Gasteiger charge is -2.31. The Morgan fingerprint density at radius 2 is 1.77 bits per heavy atom. The lowest BCUT2D eigenvalue weighted by atomic mass is 10.0. The fourth-order valence-corrected chi connectivity index (χ4v) is 6.17. The number of aryl methyl sites for hydroxylation is 1. The summed E-state index contributed by atoms with van der Waals surface area (Å²) < 4.78 is 32.4. The third-order valence-electron chi connectivity index (χ3n) is 6.50. The second-order valence-electron chi connectivity index (χ2n) is 9.65. The van der Waals surface area contributed by atoms with Crippen LogP contribution in [-0.2, 0) is 26.0 Å². The molecule has 188 valence electrons. The summed E-state index contributed by atoms with van der Waals surface area (Å²) in [5.41, 5.74) is 2.89. The summed E-state index contributed by atoms with van der Waals surface area (Å²) in [5.74, 6) is 0.537. The summed E-state index contributed by atoms with van der Waals surface area (Å²) in [6.07, 6.45) is 3.71. The summed E-state index contributed by atoms with van der Waals surface area (Å²) in [5, 5.41) is 1.08. The number of aromatic amines is 1. The van der Waals surface area contributed by atoms with E-state index in [1.165, 1.54) is 4.31 Å². The van der Waals surface area contributed by atoms with Crippen molar-refractivity contribution in [1.29, 1.82) is 0 Å². The lowest BCUT2D eigenvalue weighted by Crippen LogP contribution is -2.40. The van der Waals surface area contributed by atoms with Gasteiger partial charge in [0.05, 0.1) is 18.1 Å². The minimum atomic E-state index is -3.52. The fraction of sp³-hybridized carbons (Fsp3) is 0.444. The summed E-state index contributed by atoms with van der Waals surface area (Å²) >= 11 is 0. The number of nitrogens with one attached hydrogen (secondary N) is 1. The first kappa shape index (κ1) is 25.4. The fourth-order valence-electron chi connectivity index (χ4n) is 4.76. The molecular formula is C27H35N3O4S. The smallest absolute Gasteiger partial charge is 0.243 e. The molecule has 1 fully saturated rings. The number of fused-ring (bicyclic) bond motifs is 1. The summed E-state index contributed by atoms with van der Waals surface area (Å²) in [7, 11) is -3.52. The highest BCUT2D eigenvalue weighted by atomic mass is 32.2. The van der Waals surface area contributed by atoms with Gasteiger partial charge in [-0.2, -0.15) is 4.31 Å². The Balaban J connectivity index is 1.47. The molecule has 1 atom stereocenters. The van der Waals surface area contributed by atoms with E-state index in [1.54, 1.807) is 12.1 Å². The van der Waals surface area contributed by atoms with E-state index in [0.29, 0.717) is 45.1 Å². The number of hydrogen-bond acceptors (Lipinski definition) is 4. The molecule has 0 spiro atoms. The van der Waals surface area contributed by atoms with Gasteiger partial charge in [-0.15, -0.1) is 0 Å². The average Bonchev–Trinajstić information content (AvgIpc) is 3.31. The zero-order valence-corrected chi connectivity index (χ0v) is 21.6. The van der Waals surface area contributed by atoms with Crippen molar-refractivity contribution in [2.45, 2.75) is 51.0 Å². The van der Waals surface area contributed by atoms with Gasteiger partial charge in [-0.25, -0.2) is 8.42 Å².